The largest absolute Gasteiger partial charge is 0.481 e. The van der Waals surface area contributed by atoms with E-state index in [9.17, 15) is 4.79 Å². The summed E-state index contributed by atoms with van der Waals surface area (Å²) in [5, 5.41) is 8.65. The van der Waals surface area contributed by atoms with Gasteiger partial charge in [0.25, 0.3) is 0 Å². The summed E-state index contributed by atoms with van der Waals surface area (Å²) in [5.74, 6) is -0.164. The number of rotatable bonds is 6. The van der Waals surface area contributed by atoms with E-state index in [1.807, 2.05) is 6.07 Å². The molecule has 1 rings (SSSR count). The van der Waals surface area contributed by atoms with Gasteiger partial charge in [0.2, 0.25) is 0 Å². The molecule has 1 aromatic carbocycles. The number of halogens is 1. The molecule has 0 aliphatic rings. The van der Waals surface area contributed by atoms with E-state index in [0.29, 0.717) is 12.3 Å². The summed E-state index contributed by atoms with van der Waals surface area (Å²) in [6.07, 6.45) is 3.04. The minimum Gasteiger partial charge on any atom is -0.481 e. The molecule has 0 saturated carbocycles. The fraction of sp³-hybridized carbons (Fsp3) is 0.500. The Morgan fingerprint density at radius 3 is 2.47 bits per heavy atom. The number of carboxylic acid groups (broad SMARTS) is 1. The predicted octanol–water partition coefficient (Wildman–Crippen LogP) is 4.37. The molecule has 3 heteroatoms. The second-order valence-electron chi connectivity index (χ2n) is 4.26. The summed E-state index contributed by atoms with van der Waals surface area (Å²) in [7, 11) is 0. The Kier molecular flexibility index (Phi) is 5.69. The summed E-state index contributed by atoms with van der Waals surface area (Å²) >= 11 is 3.59. The smallest absolute Gasteiger partial charge is 0.303 e. The van der Waals surface area contributed by atoms with Crippen LogP contribution in [0.4, 0.5) is 0 Å². The molecule has 0 saturated heterocycles. The summed E-state index contributed by atoms with van der Waals surface area (Å²) in [6, 6.07) is 6.22. The lowest BCUT2D eigenvalue weighted by Crippen LogP contribution is -2.00. The molecule has 0 aliphatic heterocycles. The quantitative estimate of drug-likeness (QED) is 0.847. The van der Waals surface area contributed by atoms with Crippen LogP contribution in [-0.2, 0) is 11.2 Å². The molecule has 0 aliphatic carbocycles. The van der Waals surface area contributed by atoms with Crippen LogP contribution in [0.1, 0.15) is 50.2 Å². The van der Waals surface area contributed by atoms with Gasteiger partial charge in [-0.25, -0.2) is 0 Å². The molecule has 1 N–H and O–H groups in total. The molecule has 0 fully saturated rings. The zero-order valence-electron chi connectivity index (χ0n) is 10.4. The zero-order chi connectivity index (χ0) is 12.8. The first-order valence-electron chi connectivity index (χ1n) is 6.08. The first kappa shape index (κ1) is 14.2. The minimum absolute atomic E-state index is 0.191. The average molecular weight is 299 g/mol. The van der Waals surface area contributed by atoms with Crippen LogP contribution in [-0.4, -0.2) is 11.1 Å². The molecule has 0 bridgehead atoms. The van der Waals surface area contributed by atoms with Gasteiger partial charge in [0.05, 0.1) is 0 Å². The van der Waals surface area contributed by atoms with Crippen molar-refractivity contribution in [2.24, 2.45) is 0 Å². The Morgan fingerprint density at radius 1 is 1.35 bits per heavy atom. The van der Waals surface area contributed by atoms with Crippen LogP contribution in [0, 0.1) is 0 Å². The highest BCUT2D eigenvalue weighted by atomic mass is 79.9. The maximum atomic E-state index is 10.5. The van der Waals surface area contributed by atoms with E-state index in [4.69, 9.17) is 5.11 Å². The van der Waals surface area contributed by atoms with Crippen LogP contribution in [0.2, 0.25) is 0 Å². The van der Waals surface area contributed by atoms with Gasteiger partial charge in [-0.3, -0.25) is 4.79 Å². The molecule has 0 amide bonds. The highest BCUT2D eigenvalue weighted by Crippen LogP contribution is 2.30. The zero-order valence-corrected chi connectivity index (χ0v) is 12.0. The van der Waals surface area contributed by atoms with E-state index in [1.165, 1.54) is 5.56 Å². The number of carboxylic acids is 1. The molecule has 0 atom stereocenters. The summed E-state index contributed by atoms with van der Waals surface area (Å²) in [5.41, 5.74) is 2.41. The monoisotopic (exact) mass is 298 g/mol. The molecule has 0 spiro atoms. The van der Waals surface area contributed by atoms with Crippen molar-refractivity contribution in [1.82, 2.24) is 0 Å². The molecule has 0 heterocycles. The predicted molar refractivity (Wildman–Crippen MR) is 73.4 cm³/mol. The Bertz CT molecular complexity index is 384. The number of hydrogen-bond acceptors (Lipinski definition) is 1. The number of aryl methyl sites for hydroxylation is 1. The van der Waals surface area contributed by atoms with Gasteiger partial charge in [-0.2, -0.15) is 0 Å². The van der Waals surface area contributed by atoms with Crippen molar-refractivity contribution >= 4 is 21.9 Å². The standard InChI is InChI=1S/C14H19BrO2/c1-3-11(4-2)12-7-5-10(9-13(12)15)6-8-14(16)17/h5,7,9,11H,3-4,6,8H2,1-2H3,(H,16,17). The van der Waals surface area contributed by atoms with Crippen molar-refractivity contribution in [3.63, 3.8) is 0 Å². The summed E-state index contributed by atoms with van der Waals surface area (Å²) < 4.78 is 1.11. The fourth-order valence-electron chi connectivity index (χ4n) is 2.04. The topological polar surface area (TPSA) is 37.3 Å². The van der Waals surface area contributed by atoms with Crippen molar-refractivity contribution in [1.29, 1.82) is 0 Å². The fourth-order valence-corrected chi connectivity index (χ4v) is 2.79. The molecular weight excluding hydrogens is 280 g/mol. The highest BCUT2D eigenvalue weighted by Gasteiger charge is 2.11. The molecule has 2 nitrogen and oxygen atoms in total. The number of aliphatic carboxylic acids is 1. The van der Waals surface area contributed by atoms with Crippen LogP contribution in [0.15, 0.2) is 22.7 Å². The number of hydrogen-bond donors (Lipinski definition) is 1. The van der Waals surface area contributed by atoms with Gasteiger partial charge in [-0.1, -0.05) is 41.9 Å². The molecule has 0 radical (unpaired) electrons. The van der Waals surface area contributed by atoms with Crippen molar-refractivity contribution in [2.45, 2.75) is 45.4 Å². The molecule has 17 heavy (non-hydrogen) atoms. The number of benzene rings is 1. The average Bonchev–Trinajstić information content (AvgIpc) is 2.30. The second-order valence-corrected chi connectivity index (χ2v) is 5.12. The van der Waals surface area contributed by atoms with Crippen molar-refractivity contribution in [3.8, 4) is 0 Å². The lowest BCUT2D eigenvalue weighted by Gasteiger charge is -2.15. The highest BCUT2D eigenvalue weighted by molar-refractivity contribution is 9.10. The third kappa shape index (κ3) is 4.15. The van der Waals surface area contributed by atoms with Gasteiger partial charge in [-0.15, -0.1) is 0 Å². The summed E-state index contributed by atoms with van der Waals surface area (Å²) in [4.78, 5) is 10.5. The molecular formula is C14H19BrO2. The van der Waals surface area contributed by atoms with E-state index in [-0.39, 0.29) is 6.42 Å². The van der Waals surface area contributed by atoms with Crippen LogP contribution in [0.3, 0.4) is 0 Å². The van der Waals surface area contributed by atoms with Crippen LogP contribution in [0.25, 0.3) is 0 Å². The van der Waals surface area contributed by atoms with E-state index >= 15 is 0 Å². The van der Waals surface area contributed by atoms with Crippen molar-refractivity contribution < 1.29 is 9.90 Å². The van der Waals surface area contributed by atoms with E-state index in [2.05, 4.69) is 41.9 Å². The van der Waals surface area contributed by atoms with Crippen molar-refractivity contribution in [3.05, 3.63) is 33.8 Å². The van der Waals surface area contributed by atoms with Gasteiger partial charge in [0.1, 0.15) is 0 Å². The van der Waals surface area contributed by atoms with Crippen LogP contribution in [0.5, 0.6) is 0 Å². The normalized spacial score (nSPS) is 10.8. The molecule has 0 aromatic heterocycles. The third-order valence-electron chi connectivity index (χ3n) is 3.12. The third-order valence-corrected chi connectivity index (χ3v) is 3.80. The van der Waals surface area contributed by atoms with Gasteiger partial charge in [0.15, 0.2) is 0 Å². The maximum absolute atomic E-state index is 10.5. The summed E-state index contributed by atoms with van der Waals surface area (Å²) in [6.45, 7) is 4.39. The lowest BCUT2D eigenvalue weighted by molar-refractivity contribution is -0.136. The Hall–Kier alpha value is -0.830. The Labute approximate surface area is 111 Å². The van der Waals surface area contributed by atoms with Crippen LogP contribution >= 0.6 is 15.9 Å². The first-order valence-corrected chi connectivity index (χ1v) is 6.87. The van der Waals surface area contributed by atoms with E-state index < -0.39 is 5.97 Å². The van der Waals surface area contributed by atoms with Crippen molar-refractivity contribution in [2.75, 3.05) is 0 Å². The van der Waals surface area contributed by atoms with Gasteiger partial charge >= 0.3 is 5.97 Å². The Morgan fingerprint density at radius 2 is 2.00 bits per heavy atom. The lowest BCUT2D eigenvalue weighted by atomic mass is 9.93. The van der Waals surface area contributed by atoms with E-state index in [0.717, 1.165) is 22.9 Å². The first-order chi connectivity index (χ1) is 8.08. The molecule has 1 aromatic rings. The van der Waals surface area contributed by atoms with Gasteiger partial charge < -0.3 is 5.11 Å². The van der Waals surface area contributed by atoms with Gasteiger partial charge in [-0.05, 0) is 42.4 Å². The SMILES string of the molecule is CCC(CC)c1ccc(CCC(=O)O)cc1Br. The maximum Gasteiger partial charge on any atom is 0.303 e. The van der Waals surface area contributed by atoms with Crippen LogP contribution < -0.4 is 0 Å². The molecule has 94 valence electrons. The van der Waals surface area contributed by atoms with Gasteiger partial charge in [0, 0.05) is 10.9 Å². The second kappa shape index (κ2) is 6.80. The minimum atomic E-state index is -0.745. The molecule has 0 unspecified atom stereocenters. The Balaban J connectivity index is 2.82. The van der Waals surface area contributed by atoms with E-state index in [1.54, 1.807) is 0 Å². The number of carbonyl (C=O) groups is 1.